The van der Waals surface area contributed by atoms with Crippen LogP contribution in [-0.4, -0.2) is 11.1 Å². The maximum Gasteiger partial charge on any atom is 0.100 e. The summed E-state index contributed by atoms with van der Waals surface area (Å²) in [6, 6.07) is 7.87. The second-order valence-corrected chi connectivity index (χ2v) is 5.54. The Hall–Kier alpha value is -0.170. The van der Waals surface area contributed by atoms with Gasteiger partial charge in [-0.2, -0.15) is 5.26 Å². The van der Waals surface area contributed by atoms with Gasteiger partial charge in [0.15, 0.2) is 0 Å². The first-order valence-corrected chi connectivity index (χ1v) is 6.30. The molecule has 4 heteroatoms. The standard InChI is InChI=1S/C10H9BrClNS/c1-7(5-12)14-10-3-2-9(11)4-8(10)6-13/h2-4,7H,5H2,1H3. The Bertz CT molecular complexity index is 362. The van der Waals surface area contributed by atoms with Crippen LogP contribution in [0.4, 0.5) is 0 Å². The predicted octanol–water partition coefficient (Wildman–Crippen LogP) is 4.04. The van der Waals surface area contributed by atoms with Gasteiger partial charge in [-0.15, -0.1) is 23.4 Å². The summed E-state index contributed by atoms with van der Waals surface area (Å²) in [5.74, 6) is 0.589. The summed E-state index contributed by atoms with van der Waals surface area (Å²) in [7, 11) is 0. The van der Waals surface area contributed by atoms with Gasteiger partial charge in [-0.25, -0.2) is 0 Å². The molecule has 0 aliphatic rings. The molecule has 0 aliphatic carbocycles. The second-order valence-electron chi connectivity index (χ2n) is 2.84. The molecule has 0 fully saturated rings. The van der Waals surface area contributed by atoms with Gasteiger partial charge in [0.2, 0.25) is 0 Å². The van der Waals surface area contributed by atoms with Crippen LogP contribution in [0.2, 0.25) is 0 Å². The lowest BCUT2D eigenvalue weighted by atomic mass is 10.2. The summed E-state index contributed by atoms with van der Waals surface area (Å²) in [6.45, 7) is 2.04. The van der Waals surface area contributed by atoms with E-state index in [1.54, 1.807) is 11.8 Å². The van der Waals surface area contributed by atoms with Crippen LogP contribution in [0.3, 0.4) is 0 Å². The molecule has 0 heterocycles. The van der Waals surface area contributed by atoms with Crippen LogP contribution in [0.15, 0.2) is 27.6 Å². The van der Waals surface area contributed by atoms with Gasteiger partial charge in [-0.1, -0.05) is 22.9 Å². The molecule has 0 bridgehead atoms. The third-order valence-electron chi connectivity index (χ3n) is 1.61. The van der Waals surface area contributed by atoms with Crippen molar-refractivity contribution in [2.24, 2.45) is 0 Å². The predicted molar refractivity (Wildman–Crippen MR) is 64.9 cm³/mol. The van der Waals surface area contributed by atoms with E-state index in [-0.39, 0.29) is 0 Å². The molecule has 1 nitrogen and oxygen atoms in total. The largest absolute Gasteiger partial charge is 0.192 e. The zero-order valence-corrected chi connectivity index (χ0v) is 10.8. The molecule has 1 aromatic carbocycles. The van der Waals surface area contributed by atoms with E-state index in [9.17, 15) is 0 Å². The van der Waals surface area contributed by atoms with Crippen molar-refractivity contribution < 1.29 is 0 Å². The highest BCUT2D eigenvalue weighted by Gasteiger charge is 2.07. The van der Waals surface area contributed by atoms with Crippen LogP contribution in [0.5, 0.6) is 0 Å². The van der Waals surface area contributed by atoms with Gasteiger partial charge in [-0.3, -0.25) is 0 Å². The summed E-state index contributed by atoms with van der Waals surface area (Å²) in [4.78, 5) is 0.990. The quantitative estimate of drug-likeness (QED) is 0.619. The van der Waals surface area contributed by atoms with E-state index in [4.69, 9.17) is 16.9 Å². The highest BCUT2D eigenvalue weighted by molar-refractivity contribution is 9.10. The molecule has 0 saturated carbocycles. The number of halogens is 2. The highest BCUT2D eigenvalue weighted by atomic mass is 79.9. The van der Waals surface area contributed by atoms with Gasteiger partial charge in [0, 0.05) is 20.5 Å². The lowest BCUT2D eigenvalue weighted by Gasteiger charge is -2.08. The fourth-order valence-electron chi connectivity index (χ4n) is 0.941. The van der Waals surface area contributed by atoms with Crippen LogP contribution in [0, 0.1) is 11.3 Å². The molecular weight excluding hydrogens is 282 g/mol. The van der Waals surface area contributed by atoms with E-state index in [0.29, 0.717) is 16.7 Å². The number of hydrogen-bond donors (Lipinski definition) is 0. The van der Waals surface area contributed by atoms with E-state index in [1.807, 2.05) is 25.1 Å². The van der Waals surface area contributed by atoms with Crippen molar-refractivity contribution in [3.63, 3.8) is 0 Å². The maximum absolute atomic E-state index is 8.91. The molecule has 14 heavy (non-hydrogen) atoms. The molecule has 1 rings (SSSR count). The number of hydrogen-bond acceptors (Lipinski definition) is 2. The summed E-state index contributed by atoms with van der Waals surface area (Å²) >= 11 is 10.7. The van der Waals surface area contributed by atoms with Crippen molar-refractivity contribution in [1.29, 1.82) is 5.26 Å². The molecule has 0 aliphatic heterocycles. The van der Waals surface area contributed by atoms with Gasteiger partial charge < -0.3 is 0 Å². The lowest BCUT2D eigenvalue weighted by Crippen LogP contribution is -1.97. The van der Waals surface area contributed by atoms with Crippen LogP contribution < -0.4 is 0 Å². The number of thioether (sulfide) groups is 1. The molecule has 1 unspecified atom stereocenters. The number of rotatable bonds is 3. The fraction of sp³-hybridized carbons (Fsp3) is 0.300. The number of nitriles is 1. The maximum atomic E-state index is 8.91. The molecule has 1 aromatic rings. The van der Waals surface area contributed by atoms with Crippen LogP contribution in [-0.2, 0) is 0 Å². The van der Waals surface area contributed by atoms with E-state index in [1.165, 1.54) is 0 Å². The molecule has 0 amide bonds. The van der Waals surface area contributed by atoms with Gasteiger partial charge in [0.25, 0.3) is 0 Å². The fourth-order valence-corrected chi connectivity index (χ4v) is 2.37. The topological polar surface area (TPSA) is 23.8 Å². The molecular formula is C10H9BrClNS. The molecule has 1 atom stereocenters. The Balaban J connectivity index is 2.92. The minimum atomic E-state index is 0.324. The molecule has 0 spiro atoms. The number of benzene rings is 1. The van der Waals surface area contributed by atoms with Crippen LogP contribution in [0.1, 0.15) is 12.5 Å². The third kappa shape index (κ3) is 3.20. The SMILES string of the molecule is CC(CCl)Sc1ccc(Br)cc1C#N. The zero-order chi connectivity index (χ0) is 10.6. The average molecular weight is 291 g/mol. The van der Waals surface area contributed by atoms with Gasteiger partial charge in [0.05, 0.1) is 5.56 Å². The van der Waals surface area contributed by atoms with Gasteiger partial charge in [-0.05, 0) is 18.2 Å². The Morgan fingerprint density at radius 2 is 2.36 bits per heavy atom. The summed E-state index contributed by atoms with van der Waals surface area (Å²) < 4.78 is 0.928. The van der Waals surface area contributed by atoms with Crippen molar-refractivity contribution >= 4 is 39.3 Å². The van der Waals surface area contributed by atoms with E-state index in [0.717, 1.165) is 9.37 Å². The normalized spacial score (nSPS) is 12.1. The first-order chi connectivity index (χ1) is 6.67. The Kier molecular flexibility index (Phi) is 4.80. The molecule has 74 valence electrons. The Labute approximate surface area is 102 Å². The van der Waals surface area contributed by atoms with E-state index >= 15 is 0 Å². The molecule has 0 saturated heterocycles. The van der Waals surface area contributed by atoms with Crippen LogP contribution in [0.25, 0.3) is 0 Å². The van der Waals surface area contributed by atoms with Crippen molar-refractivity contribution in [3.05, 3.63) is 28.2 Å². The summed E-state index contributed by atoms with van der Waals surface area (Å²) in [5.41, 5.74) is 0.696. The first kappa shape index (κ1) is 11.9. The minimum Gasteiger partial charge on any atom is -0.192 e. The molecule has 0 N–H and O–H groups in total. The lowest BCUT2D eigenvalue weighted by molar-refractivity contribution is 1.12. The third-order valence-corrected chi connectivity index (χ3v) is 3.93. The average Bonchev–Trinajstić information content (AvgIpc) is 2.20. The van der Waals surface area contributed by atoms with Crippen molar-refractivity contribution in [2.75, 3.05) is 5.88 Å². The van der Waals surface area contributed by atoms with Crippen molar-refractivity contribution in [1.82, 2.24) is 0 Å². The van der Waals surface area contributed by atoms with Gasteiger partial charge >= 0.3 is 0 Å². The zero-order valence-electron chi connectivity index (χ0n) is 7.63. The van der Waals surface area contributed by atoms with Crippen molar-refractivity contribution in [3.8, 4) is 6.07 Å². The number of nitrogens with zero attached hydrogens (tertiary/aromatic N) is 1. The molecule has 0 radical (unpaired) electrons. The van der Waals surface area contributed by atoms with Crippen LogP contribution >= 0.6 is 39.3 Å². The Morgan fingerprint density at radius 1 is 1.64 bits per heavy atom. The smallest absolute Gasteiger partial charge is 0.100 e. The van der Waals surface area contributed by atoms with E-state index in [2.05, 4.69) is 22.0 Å². The molecule has 0 aromatic heterocycles. The van der Waals surface area contributed by atoms with Gasteiger partial charge in [0.1, 0.15) is 6.07 Å². The second kappa shape index (κ2) is 5.65. The summed E-state index contributed by atoms with van der Waals surface area (Å²) in [5, 5.41) is 9.24. The monoisotopic (exact) mass is 289 g/mol. The number of alkyl halides is 1. The first-order valence-electron chi connectivity index (χ1n) is 4.09. The summed E-state index contributed by atoms with van der Waals surface area (Å²) in [6.07, 6.45) is 0. The Morgan fingerprint density at radius 3 is 2.93 bits per heavy atom. The van der Waals surface area contributed by atoms with Crippen molar-refractivity contribution in [2.45, 2.75) is 17.1 Å². The minimum absolute atomic E-state index is 0.324. The van der Waals surface area contributed by atoms with E-state index < -0.39 is 0 Å². The highest BCUT2D eigenvalue weighted by Crippen LogP contribution is 2.29.